The average Bonchev–Trinajstić information content (AvgIpc) is 4.26. The molecule has 10 nitrogen and oxygen atoms in total. The van der Waals surface area contributed by atoms with Gasteiger partial charge in [0.25, 0.3) is 0 Å². The monoisotopic (exact) mass is 1000 g/mol. The maximum absolute atomic E-state index is 13.1. The van der Waals surface area contributed by atoms with E-state index < -0.39 is 6.10 Å². The lowest BCUT2D eigenvalue weighted by Gasteiger charge is -2.75. The second-order valence-corrected chi connectivity index (χ2v) is 24.7. The van der Waals surface area contributed by atoms with Gasteiger partial charge in [-0.15, -0.1) is 0 Å². The van der Waals surface area contributed by atoms with Crippen molar-refractivity contribution >= 4 is 22.9 Å². The summed E-state index contributed by atoms with van der Waals surface area (Å²) in [5, 5.41) is 76.8. The maximum atomic E-state index is 13.1. The predicted molar refractivity (Wildman–Crippen MR) is 292 cm³/mol. The molecular weight excluding hydrogens is 933 g/mol. The summed E-state index contributed by atoms with van der Waals surface area (Å²) >= 11 is 0. The van der Waals surface area contributed by atoms with Crippen molar-refractivity contribution in [3.63, 3.8) is 0 Å². The third kappa shape index (κ3) is 6.96. The van der Waals surface area contributed by atoms with Gasteiger partial charge in [0.2, 0.25) is 0 Å². The van der Waals surface area contributed by atoms with E-state index in [9.17, 15) is 30.6 Å². The molecule has 9 N–H and O–H groups in total. The molecule has 10 heteroatoms. The lowest BCUT2D eigenvalue weighted by atomic mass is 9.30. The summed E-state index contributed by atoms with van der Waals surface area (Å²) in [6.45, 7) is 0.998. The number of aromatic hydroxyl groups is 5. The number of hydrogen-bond donors (Lipinski definition) is 9. The maximum Gasteiger partial charge on any atom is 0.169 e. The first-order valence-corrected chi connectivity index (χ1v) is 28.4. The van der Waals surface area contributed by atoms with E-state index in [1.807, 2.05) is 18.5 Å². The van der Waals surface area contributed by atoms with Crippen molar-refractivity contribution < 1.29 is 30.6 Å². The predicted octanol–water partition coefficient (Wildman–Crippen LogP) is 11.5. The Morgan fingerprint density at radius 3 is 2.43 bits per heavy atom. The van der Waals surface area contributed by atoms with Crippen LogP contribution in [0.25, 0.3) is 22.9 Å². The molecule has 2 aliphatic heterocycles. The van der Waals surface area contributed by atoms with Crippen LogP contribution in [0, 0.1) is 45.8 Å². The molecule has 3 heterocycles. The summed E-state index contributed by atoms with van der Waals surface area (Å²) in [6, 6.07) is 30.5. The number of aliphatic hydroxyl groups excluding tert-OH is 1. The van der Waals surface area contributed by atoms with Crippen LogP contribution in [0.2, 0.25) is 0 Å². The van der Waals surface area contributed by atoms with E-state index in [4.69, 9.17) is 4.98 Å². The molecule has 0 unspecified atom stereocenters. The fourth-order valence-corrected chi connectivity index (χ4v) is 19.3. The van der Waals surface area contributed by atoms with Crippen molar-refractivity contribution in [2.75, 3.05) is 6.54 Å². The molecule has 13 atom stereocenters. The number of imidazole rings is 1. The van der Waals surface area contributed by atoms with Crippen molar-refractivity contribution in [1.29, 1.82) is 0 Å². The quantitative estimate of drug-likeness (QED) is 0.0408. The Bertz CT molecular complexity index is 3240. The number of nitrogens with one attached hydrogen (secondary N) is 3. The third-order valence-electron chi connectivity index (χ3n) is 22.0. The largest absolute Gasteiger partial charge is 0.507 e. The van der Waals surface area contributed by atoms with Gasteiger partial charge in [0, 0.05) is 40.7 Å². The summed E-state index contributed by atoms with van der Waals surface area (Å²) in [5.74, 6) is 1.00. The highest BCUT2D eigenvalue weighted by molar-refractivity contribution is 6.03. The molecule has 6 aromatic rings. The number of rotatable bonds is 8. The molecule has 0 radical (unpaired) electrons. The minimum absolute atomic E-state index is 0.0494. The van der Waals surface area contributed by atoms with Crippen LogP contribution in [-0.4, -0.2) is 65.3 Å². The van der Waals surface area contributed by atoms with Crippen molar-refractivity contribution in [3.8, 4) is 28.7 Å². The number of nitrogens with zero attached hydrogens (tertiary/aromatic N) is 1. The summed E-state index contributed by atoms with van der Waals surface area (Å²) < 4.78 is 0. The number of aromatic amines is 1. The first-order chi connectivity index (χ1) is 36.5. The summed E-state index contributed by atoms with van der Waals surface area (Å²) in [5.41, 5.74) is 8.08. The summed E-state index contributed by atoms with van der Waals surface area (Å²) in [7, 11) is 0. The fourth-order valence-electron chi connectivity index (χ4n) is 19.3. The lowest BCUT2D eigenvalue weighted by molar-refractivity contribution is -0.228. The Kier molecular flexibility index (Phi) is 11.2. The molecule has 2 saturated heterocycles. The van der Waals surface area contributed by atoms with Gasteiger partial charge in [0.1, 0.15) is 5.75 Å². The number of phenols is 5. The van der Waals surface area contributed by atoms with Crippen molar-refractivity contribution in [2.24, 2.45) is 45.8 Å². The molecule has 6 fully saturated rings. The van der Waals surface area contributed by atoms with Crippen LogP contribution in [0.5, 0.6) is 28.7 Å². The molecule has 75 heavy (non-hydrogen) atoms. The summed E-state index contributed by atoms with van der Waals surface area (Å²) in [4.78, 5) is 9.40. The van der Waals surface area contributed by atoms with E-state index in [2.05, 4.69) is 82.4 Å². The van der Waals surface area contributed by atoms with Gasteiger partial charge in [0.15, 0.2) is 23.0 Å². The standard InChI is InChI=1S/C65H72N4O6/c70-52-25-15-40(33-55(52)73)14-22-46-47-9-4-10-53(71)56(47)58(75)57(74)48(46)23-13-38-11-16-41(17-12-38)51-36-62(30-31-66-45(35-62)32-39-6-2-1-3-7-39)49-34-44-19-18-43-20-24-50-61(68-37-67-50)65(60(49)69-51)59-54(72)26-21-42-8-5-27-63(42,59)28-29-64(43,44)65/h1-4,6-7,9-12,14-17,21-22,25-26,33,37,42-45,49,51,54,59-60,66,69-75H,5,8,13,18-20,23-24,27-32,34-36H2,(H,67,68)/b22-14+/t42-,43+,44-,45-,49+,51-,54-,59-,60+,62+,63+,64-,65-/m0/s1. The minimum atomic E-state index is -0.525. The van der Waals surface area contributed by atoms with Crippen LogP contribution < -0.4 is 10.6 Å². The van der Waals surface area contributed by atoms with Gasteiger partial charge in [-0.25, -0.2) is 4.98 Å². The van der Waals surface area contributed by atoms with Gasteiger partial charge in [-0.3, -0.25) is 0 Å². The van der Waals surface area contributed by atoms with Gasteiger partial charge in [-0.1, -0.05) is 104 Å². The number of allylic oxidation sites excluding steroid dienone is 1. The second-order valence-electron chi connectivity index (χ2n) is 24.7. The van der Waals surface area contributed by atoms with Crippen LogP contribution in [-0.2, 0) is 31.1 Å². The topological polar surface area (TPSA) is 174 Å². The highest BCUT2D eigenvalue weighted by Crippen LogP contribution is 2.81. The SMILES string of the molecule is Oc1ccc(/C=C/c2c(CCc3ccc([C@@H]4C[C@]5(CCN[C@@H](Cc6ccccc6)C5)[C@@H]5C[C@@H]6CC[C@@H]7CCc8[nH]cnc8[C@@]8([C@@H]5N4)[C@H]4[C@@H](O)C=C[C@@H]5CCC[C@@]54CC[C@]768)cc3)c(O)c(O)c3c(O)cccc23)cc1O. The Morgan fingerprint density at radius 2 is 1.57 bits per heavy atom. The van der Waals surface area contributed by atoms with E-state index in [1.54, 1.807) is 18.2 Å². The van der Waals surface area contributed by atoms with Crippen LogP contribution in [0.15, 0.2) is 109 Å². The van der Waals surface area contributed by atoms with Crippen LogP contribution >= 0.6 is 0 Å². The van der Waals surface area contributed by atoms with Crippen LogP contribution in [0.1, 0.15) is 128 Å². The van der Waals surface area contributed by atoms with Crippen molar-refractivity contribution in [1.82, 2.24) is 20.6 Å². The van der Waals surface area contributed by atoms with Crippen molar-refractivity contribution in [3.05, 3.63) is 154 Å². The number of phenolic OH excluding ortho intramolecular Hbond substituents is 5. The molecule has 6 aliphatic carbocycles. The zero-order chi connectivity index (χ0) is 50.8. The van der Waals surface area contributed by atoms with Gasteiger partial charge in [-0.05, 0) is 194 Å². The molecule has 0 amide bonds. The number of hydrogen-bond acceptors (Lipinski definition) is 9. The van der Waals surface area contributed by atoms with Gasteiger partial charge < -0.3 is 46.3 Å². The molecule has 0 bridgehead atoms. The molecular formula is C65H72N4O6. The van der Waals surface area contributed by atoms with E-state index in [0.29, 0.717) is 64.6 Å². The van der Waals surface area contributed by atoms with Crippen molar-refractivity contribution in [2.45, 2.75) is 132 Å². The molecule has 14 rings (SSSR count). The van der Waals surface area contributed by atoms with E-state index in [-0.39, 0.29) is 73.8 Å². The normalized spacial score (nSPS) is 35.3. The van der Waals surface area contributed by atoms with Gasteiger partial charge in [-0.2, -0.15) is 0 Å². The molecule has 1 aromatic heterocycles. The number of fused-ring (bicyclic) bond motifs is 4. The smallest absolute Gasteiger partial charge is 0.169 e. The van der Waals surface area contributed by atoms with Gasteiger partial charge in [0.05, 0.1) is 23.5 Å². The van der Waals surface area contributed by atoms with Crippen LogP contribution in [0.3, 0.4) is 0 Å². The second kappa shape index (κ2) is 17.8. The van der Waals surface area contributed by atoms with E-state index >= 15 is 0 Å². The number of aliphatic hydroxyl groups is 1. The Balaban J connectivity index is 0.863. The number of aryl methyl sites for hydroxylation is 2. The average molecular weight is 1010 g/mol. The molecule has 388 valence electrons. The van der Waals surface area contributed by atoms with E-state index in [1.165, 1.54) is 98.5 Å². The Morgan fingerprint density at radius 1 is 0.720 bits per heavy atom. The molecule has 4 saturated carbocycles. The highest BCUT2D eigenvalue weighted by atomic mass is 16.3. The fraction of sp³-hybridized carbons (Fsp3) is 0.462. The number of H-pyrrole nitrogens is 1. The van der Waals surface area contributed by atoms with Crippen LogP contribution in [0.4, 0.5) is 0 Å². The number of piperidine rings is 2. The number of aromatic nitrogens is 2. The Hall–Kier alpha value is -6.07. The first kappa shape index (κ1) is 47.4. The van der Waals surface area contributed by atoms with Gasteiger partial charge >= 0.3 is 0 Å². The van der Waals surface area contributed by atoms with E-state index in [0.717, 1.165) is 44.2 Å². The molecule has 3 spiro atoms. The highest BCUT2D eigenvalue weighted by Gasteiger charge is 2.80. The lowest BCUT2D eigenvalue weighted by Crippen LogP contribution is -2.79. The zero-order valence-corrected chi connectivity index (χ0v) is 42.9. The zero-order valence-electron chi connectivity index (χ0n) is 42.9. The first-order valence-electron chi connectivity index (χ1n) is 28.4. The summed E-state index contributed by atoms with van der Waals surface area (Å²) in [6.07, 6.45) is 27.2. The Labute approximate surface area is 440 Å². The molecule has 5 aromatic carbocycles. The minimum Gasteiger partial charge on any atom is -0.507 e. The number of benzene rings is 5. The third-order valence-corrected chi connectivity index (χ3v) is 22.0. The molecule has 8 aliphatic rings.